The highest BCUT2D eigenvalue weighted by Crippen LogP contribution is 2.05. The monoisotopic (exact) mass is 195 g/mol. The van der Waals surface area contributed by atoms with Crippen molar-refractivity contribution in [1.82, 2.24) is 14.9 Å². The van der Waals surface area contributed by atoms with Crippen molar-refractivity contribution in [2.45, 2.75) is 6.54 Å². The van der Waals surface area contributed by atoms with Crippen molar-refractivity contribution < 1.29 is 9.84 Å². The molecule has 1 saturated heterocycles. The van der Waals surface area contributed by atoms with E-state index in [0.717, 1.165) is 38.7 Å². The van der Waals surface area contributed by atoms with Gasteiger partial charge in [0.05, 0.1) is 32.2 Å². The molecule has 2 rings (SSSR count). The molecule has 0 amide bonds. The van der Waals surface area contributed by atoms with E-state index in [4.69, 9.17) is 9.84 Å². The number of morpholine rings is 1. The summed E-state index contributed by atoms with van der Waals surface area (Å²) >= 11 is 0. The van der Waals surface area contributed by atoms with Crippen LogP contribution in [0, 0.1) is 0 Å². The van der Waals surface area contributed by atoms with E-state index in [9.17, 15) is 0 Å². The molecule has 1 aliphatic heterocycles. The number of nitrogens with zero attached hydrogens (tertiary/aromatic N) is 3. The van der Waals surface area contributed by atoms with Crippen molar-refractivity contribution >= 4 is 0 Å². The fourth-order valence-electron chi connectivity index (χ4n) is 1.39. The van der Waals surface area contributed by atoms with Crippen LogP contribution in [0.2, 0.25) is 0 Å². The Morgan fingerprint density at radius 2 is 1.93 bits per heavy atom. The number of hydrogen-bond donors (Lipinski definition) is 1. The largest absolute Gasteiger partial charge is 0.505 e. The number of rotatable bonds is 2. The Labute approximate surface area is 82.4 Å². The van der Waals surface area contributed by atoms with Crippen molar-refractivity contribution in [2.24, 2.45) is 0 Å². The fourth-order valence-corrected chi connectivity index (χ4v) is 1.39. The molecule has 1 aromatic rings. The Balaban J connectivity index is 1.92. The van der Waals surface area contributed by atoms with Gasteiger partial charge < -0.3 is 9.84 Å². The molecule has 0 atom stereocenters. The Morgan fingerprint density at radius 1 is 1.29 bits per heavy atom. The van der Waals surface area contributed by atoms with Crippen LogP contribution in [0.4, 0.5) is 0 Å². The van der Waals surface area contributed by atoms with Gasteiger partial charge in [-0.15, -0.1) is 0 Å². The van der Waals surface area contributed by atoms with E-state index in [0.29, 0.717) is 0 Å². The second-order valence-corrected chi connectivity index (χ2v) is 3.25. The molecule has 14 heavy (non-hydrogen) atoms. The lowest BCUT2D eigenvalue weighted by Gasteiger charge is -2.25. The third-order valence-corrected chi connectivity index (χ3v) is 2.16. The van der Waals surface area contributed by atoms with Gasteiger partial charge in [0.2, 0.25) is 0 Å². The van der Waals surface area contributed by atoms with Crippen LogP contribution >= 0.6 is 0 Å². The summed E-state index contributed by atoms with van der Waals surface area (Å²) in [5.41, 5.74) is 0. The first kappa shape index (κ1) is 9.36. The minimum absolute atomic E-state index is 0.107. The standard InChI is InChI=1S/C9H13N3O2/c13-8-5-10-9(11-6-8)7-12-1-3-14-4-2-12/h5-6,13H,1-4,7H2. The van der Waals surface area contributed by atoms with E-state index in [2.05, 4.69) is 14.9 Å². The van der Waals surface area contributed by atoms with Crippen molar-refractivity contribution in [1.29, 1.82) is 0 Å². The molecule has 0 radical (unpaired) electrons. The van der Waals surface area contributed by atoms with Crippen LogP contribution in [0.5, 0.6) is 5.75 Å². The zero-order valence-electron chi connectivity index (χ0n) is 7.89. The highest BCUT2D eigenvalue weighted by Gasteiger charge is 2.11. The molecule has 5 nitrogen and oxygen atoms in total. The molecule has 1 N–H and O–H groups in total. The normalized spacial score (nSPS) is 18.3. The van der Waals surface area contributed by atoms with E-state index in [1.165, 1.54) is 12.4 Å². The predicted molar refractivity (Wildman–Crippen MR) is 49.8 cm³/mol. The number of aromatic nitrogens is 2. The first-order chi connectivity index (χ1) is 6.84. The van der Waals surface area contributed by atoms with Gasteiger partial charge in [0.1, 0.15) is 5.82 Å². The quantitative estimate of drug-likeness (QED) is 0.720. The molecule has 1 aromatic heterocycles. The Kier molecular flexibility index (Phi) is 2.90. The number of aromatic hydroxyl groups is 1. The zero-order chi connectivity index (χ0) is 9.80. The summed E-state index contributed by atoms with van der Waals surface area (Å²) in [6, 6.07) is 0. The van der Waals surface area contributed by atoms with Crippen molar-refractivity contribution in [3.05, 3.63) is 18.2 Å². The first-order valence-electron chi connectivity index (χ1n) is 4.64. The second-order valence-electron chi connectivity index (χ2n) is 3.25. The molecule has 2 heterocycles. The molecule has 0 aliphatic carbocycles. The highest BCUT2D eigenvalue weighted by atomic mass is 16.5. The zero-order valence-corrected chi connectivity index (χ0v) is 7.89. The maximum Gasteiger partial charge on any atom is 0.152 e. The van der Waals surface area contributed by atoms with Crippen molar-refractivity contribution in [3.63, 3.8) is 0 Å². The average Bonchev–Trinajstić information content (AvgIpc) is 2.23. The van der Waals surface area contributed by atoms with Crippen molar-refractivity contribution in [2.75, 3.05) is 26.3 Å². The van der Waals surface area contributed by atoms with Gasteiger partial charge in [-0.2, -0.15) is 0 Å². The smallest absolute Gasteiger partial charge is 0.152 e. The second kappa shape index (κ2) is 4.34. The van der Waals surface area contributed by atoms with Gasteiger partial charge in [-0.1, -0.05) is 0 Å². The summed E-state index contributed by atoms with van der Waals surface area (Å²) in [6.45, 7) is 4.12. The summed E-state index contributed by atoms with van der Waals surface area (Å²) < 4.78 is 5.23. The maximum atomic E-state index is 9.00. The molecule has 0 aromatic carbocycles. The molecule has 5 heteroatoms. The maximum absolute atomic E-state index is 9.00. The van der Waals surface area contributed by atoms with Gasteiger partial charge in [-0.3, -0.25) is 4.90 Å². The molecular weight excluding hydrogens is 182 g/mol. The third-order valence-electron chi connectivity index (χ3n) is 2.16. The topological polar surface area (TPSA) is 58.5 Å². The van der Waals surface area contributed by atoms with Crippen LogP contribution in [0.3, 0.4) is 0 Å². The molecule has 1 fully saturated rings. The lowest BCUT2D eigenvalue weighted by Crippen LogP contribution is -2.36. The molecule has 0 spiro atoms. The van der Waals surface area contributed by atoms with Gasteiger partial charge in [-0.25, -0.2) is 9.97 Å². The number of ether oxygens (including phenoxy) is 1. The molecule has 0 bridgehead atoms. The van der Waals surface area contributed by atoms with Gasteiger partial charge in [-0.05, 0) is 0 Å². The summed E-state index contributed by atoms with van der Waals surface area (Å²) in [7, 11) is 0. The Bertz CT molecular complexity index is 283. The summed E-state index contributed by atoms with van der Waals surface area (Å²) in [5, 5.41) is 9.00. The fraction of sp³-hybridized carbons (Fsp3) is 0.556. The Hall–Kier alpha value is -1.20. The summed E-state index contributed by atoms with van der Waals surface area (Å²) in [4.78, 5) is 10.3. The summed E-state index contributed by atoms with van der Waals surface area (Å²) in [5.74, 6) is 0.848. The first-order valence-corrected chi connectivity index (χ1v) is 4.64. The van der Waals surface area contributed by atoms with Gasteiger partial charge in [0.15, 0.2) is 5.75 Å². The van der Waals surface area contributed by atoms with E-state index >= 15 is 0 Å². The molecule has 1 aliphatic rings. The third kappa shape index (κ3) is 2.40. The van der Waals surface area contributed by atoms with Gasteiger partial charge >= 0.3 is 0 Å². The molecule has 0 saturated carbocycles. The SMILES string of the molecule is Oc1cnc(CN2CCOCC2)nc1. The van der Waals surface area contributed by atoms with Crippen LogP contribution in [0.1, 0.15) is 5.82 Å². The minimum atomic E-state index is 0.107. The van der Waals surface area contributed by atoms with Crippen LogP contribution in [-0.2, 0) is 11.3 Å². The summed E-state index contributed by atoms with van der Waals surface area (Å²) in [6.07, 6.45) is 2.84. The van der Waals surface area contributed by atoms with Crippen molar-refractivity contribution in [3.8, 4) is 5.75 Å². The molecular formula is C9H13N3O2. The molecule has 76 valence electrons. The van der Waals surface area contributed by atoms with Gasteiger partial charge in [0, 0.05) is 13.1 Å². The molecule has 0 unspecified atom stereocenters. The van der Waals surface area contributed by atoms with Crippen LogP contribution in [0.25, 0.3) is 0 Å². The van der Waals surface area contributed by atoms with Crippen LogP contribution in [-0.4, -0.2) is 46.3 Å². The van der Waals surface area contributed by atoms with E-state index < -0.39 is 0 Å². The predicted octanol–water partition coefficient (Wildman–Crippen LogP) is 0.0144. The van der Waals surface area contributed by atoms with Crippen LogP contribution < -0.4 is 0 Å². The van der Waals surface area contributed by atoms with Gasteiger partial charge in [0.25, 0.3) is 0 Å². The van der Waals surface area contributed by atoms with E-state index in [1.54, 1.807) is 0 Å². The Morgan fingerprint density at radius 3 is 2.57 bits per heavy atom. The minimum Gasteiger partial charge on any atom is -0.505 e. The van der Waals surface area contributed by atoms with E-state index in [-0.39, 0.29) is 5.75 Å². The number of hydrogen-bond acceptors (Lipinski definition) is 5. The van der Waals surface area contributed by atoms with E-state index in [1.807, 2.05) is 0 Å². The average molecular weight is 195 g/mol. The lowest BCUT2D eigenvalue weighted by atomic mass is 10.4. The van der Waals surface area contributed by atoms with Crippen LogP contribution in [0.15, 0.2) is 12.4 Å². The highest BCUT2D eigenvalue weighted by molar-refractivity contribution is 5.09. The lowest BCUT2D eigenvalue weighted by molar-refractivity contribution is 0.0330.